The van der Waals surface area contributed by atoms with Crippen LogP contribution >= 0.6 is 11.8 Å². The van der Waals surface area contributed by atoms with Crippen molar-refractivity contribution < 1.29 is 9.53 Å². The van der Waals surface area contributed by atoms with Gasteiger partial charge in [-0.15, -0.1) is 0 Å². The molecule has 1 aliphatic heterocycles. The van der Waals surface area contributed by atoms with Crippen LogP contribution in [0.15, 0.2) is 12.3 Å². The van der Waals surface area contributed by atoms with E-state index < -0.39 is 0 Å². The molecular weight excluding hydrogens is 208 g/mol. The third-order valence-electron chi connectivity index (χ3n) is 2.45. The number of thioether (sulfide) groups is 1. The molecule has 0 saturated heterocycles. The average Bonchev–Trinajstić information content (AvgIpc) is 2.18. The molecule has 1 heterocycles. The van der Waals surface area contributed by atoms with Crippen molar-refractivity contribution >= 4 is 17.5 Å². The molecule has 0 amide bonds. The summed E-state index contributed by atoms with van der Waals surface area (Å²) in [6.07, 6.45) is 7.22. The first kappa shape index (κ1) is 12.6. The molecule has 86 valence electrons. The summed E-state index contributed by atoms with van der Waals surface area (Å²) < 4.78 is 5.41. The largest absolute Gasteiger partial charge is 0.497 e. The highest BCUT2D eigenvalue weighted by molar-refractivity contribution is 7.99. The molecule has 0 fully saturated rings. The van der Waals surface area contributed by atoms with E-state index in [0.717, 1.165) is 6.42 Å². The van der Waals surface area contributed by atoms with Gasteiger partial charge in [-0.2, -0.15) is 11.8 Å². The Morgan fingerprint density at radius 2 is 2.47 bits per heavy atom. The lowest BCUT2D eigenvalue weighted by atomic mass is 10.1. The fraction of sp³-hybridized carbons (Fsp3) is 0.750. The van der Waals surface area contributed by atoms with Crippen LogP contribution < -0.4 is 0 Å². The lowest BCUT2D eigenvalue weighted by molar-refractivity contribution is -0.118. The predicted molar refractivity (Wildman–Crippen MR) is 65.1 cm³/mol. The van der Waals surface area contributed by atoms with Crippen LogP contribution in [0.5, 0.6) is 0 Å². The summed E-state index contributed by atoms with van der Waals surface area (Å²) >= 11 is 1.98. The number of carbonyl (C=O) groups excluding carboxylic acids is 1. The van der Waals surface area contributed by atoms with Crippen LogP contribution in [0.4, 0.5) is 0 Å². The van der Waals surface area contributed by atoms with E-state index in [4.69, 9.17) is 4.74 Å². The van der Waals surface area contributed by atoms with Crippen molar-refractivity contribution in [2.45, 2.75) is 50.9 Å². The second kappa shape index (κ2) is 6.94. The molecule has 15 heavy (non-hydrogen) atoms. The fourth-order valence-corrected chi connectivity index (χ4v) is 2.78. The van der Waals surface area contributed by atoms with Crippen LogP contribution in [0, 0.1) is 0 Å². The van der Waals surface area contributed by atoms with Gasteiger partial charge in [0.05, 0.1) is 6.26 Å². The molecule has 1 rings (SSSR count). The molecule has 0 bridgehead atoms. The van der Waals surface area contributed by atoms with E-state index >= 15 is 0 Å². The minimum absolute atomic E-state index is 0.103. The maximum atomic E-state index is 11.1. The zero-order valence-electron chi connectivity index (χ0n) is 9.57. The van der Waals surface area contributed by atoms with Crippen LogP contribution in [0.1, 0.15) is 39.5 Å². The lowest BCUT2D eigenvalue weighted by Crippen LogP contribution is -2.22. The Hall–Kier alpha value is -0.440. The van der Waals surface area contributed by atoms with Crippen molar-refractivity contribution in [3.8, 4) is 0 Å². The fourth-order valence-electron chi connectivity index (χ4n) is 1.57. The molecule has 0 aromatic rings. The summed E-state index contributed by atoms with van der Waals surface area (Å²) in [5.74, 6) is 1.41. The minimum Gasteiger partial charge on any atom is -0.497 e. The summed E-state index contributed by atoms with van der Waals surface area (Å²) in [5, 5.41) is 0.584. The van der Waals surface area contributed by atoms with Crippen LogP contribution in [0.2, 0.25) is 0 Å². The topological polar surface area (TPSA) is 26.3 Å². The quantitative estimate of drug-likeness (QED) is 0.653. The van der Waals surface area contributed by atoms with Crippen LogP contribution in [0.3, 0.4) is 0 Å². The van der Waals surface area contributed by atoms with Gasteiger partial charge in [0, 0.05) is 17.7 Å². The molecule has 0 aromatic carbocycles. The molecule has 0 aromatic heterocycles. The molecule has 2 nitrogen and oxygen atoms in total. The first-order valence-corrected chi connectivity index (χ1v) is 6.73. The average molecular weight is 228 g/mol. The first-order chi connectivity index (χ1) is 7.22. The molecular formula is C12H20O2S. The first-order valence-electron chi connectivity index (χ1n) is 5.68. The van der Waals surface area contributed by atoms with Gasteiger partial charge in [0.1, 0.15) is 6.10 Å². The predicted octanol–water partition coefficient (Wildman–Crippen LogP) is 3.17. The molecule has 3 heteroatoms. The number of unbranched alkanes of at least 4 members (excludes halogenated alkanes) is 1. The highest BCUT2D eigenvalue weighted by Gasteiger charge is 2.19. The van der Waals surface area contributed by atoms with Crippen molar-refractivity contribution in [2.75, 3.05) is 5.75 Å². The Morgan fingerprint density at radius 3 is 3.13 bits per heavy atom. The van der Waals surface area contributed by atoms with Gasteiger partial charge in [0.2, 0.25) is 0 Å². The summed E-state index contributed by atoms with van der Waals surface area (Å²) in [6.45, 7) is 4.42. The van der Waals surface area contributed by atoms with Gasteiger partial charge in [0.15, 0.2) is 5.78 Å². The monoisotopic (exact) mass is 228 g/mol. The molecule has 0 N–H and O–H groups in total. The zero-order valence-corrected chi connectivity index (χ0v) is 10.4. The van der Waals surface area contributed by atoms with Crippen molar-refractivity contribution in [3.63, 3.8) is 0 Å². The van der Waals surface area contributed by atoms with Crippen LogP contribution in [-0.4, -0.2) is 22.9 Å². The summed E-state index contributed by atoms with van der Waals surface area (Å²) in [4.78, 5) is 11.1. The number of carbonyl (C=O) groups is 1. The SMILES string of the molecule is CCCCS[C@H](C)C[C@H]1CC(=O)C=CO1. The zero-order chi connectivity index (χ0) is 11.1. The summed E-state index contributed by atoms with van der Waals surface area (Å²) in [5.41, 5.74) is 0. The van der Waals surface area contributed by atoms with Gasteiger partial charge in [-0.1, -0.05) is 20.3 Å². The van der Waals surface area contributed by atoms with Gasteiger partial charge < -0.3 is 4.74 Å². The van der Waals surface area contributed by atoms with E-state index in [-0.39, 0.29) is 11.9 Å². The van der Waals surface area contributed by atoms with E-state index in [9.17, 15) is 4.79 Å². The number of hydrogen-bond acceptors (Lipinski definition) is 3. The highest BCUT2D eigenvalue weighted by atomic mass is 32.2. The number of rotatable bonds is 6. The molecule has 2 atom stereocenters. The minimum atomic E-state index is 0.103. The molecule has 0 aliphatic carbocycles. The van der Waals surface area contributed by atoms with Gasteiger partial charge in [-0.05, 0) is 18.6 Å². The third-order valence-corrected chi connectivity index (χ3v) is 3.73. The Kier molecular flexibility index (Phi) is 5.84. The van der Waals surface area contributed by atoms with E-state index in [0.29, 0.717) is 11.7 Å². The summed E-state index contributed by atoms with van der Waals surface area (Å²) in [7, 11) is 0. The van der Waals surface area contributed by atoms with Crippen LogP contribution in [0.25, 0.3) is 0 Å². The maximum absolute atomic E-state index is 11.1. The number of ether oxygens (including phenoxy) is 1. The van der Waals surface area contributed by atoms with Crippen molar-refractivity contribution in [1.29, 1.82) is 0 Å². The van der Waals surface area contributed by atoms with Crippen molar-refractivity contribution in [2.24, 2.45) is 0 Å². The second-order valence-corrected chi connectivity index (χ2v) is 5.55. The van der Waals surface area contributed by atoms with Gasteiger partial charge in [-0.25, -0.2) is 0 Å². The normalized spacial score (nSPS) is 22.5. The molecule has 1 aliphatic rings. The highest BCUT2D eigenvalue weighted by Crippen LogP contribution is 2.21. The third kappa shape index (κ3) is 5.26. The standard InChI is InChI=1S/C12H20O2S/c1-3-4-7-15-10(2)8-12-9-11(13)5-6-14-12/h5-6,10,12H,3-4,7-9H2,1-2H3/t10-,12+/m1/s1. The second-order valence-electron chi connectivity index (χ2n) is 4.00. The molecule has 0 radical (unpaired) electrons. The van der Waals surface area contributed by atoms with E-state index in [1.807, 2.05) is 11.8 Å². The smallest absolute Gasteiger partial charge is 0.162 e. The van der Waals surface area contributed by atoms with E-state index in [1.54, 1.807) is 6.26 Å². The van der Waals surface area contributed by atoms with Gasteiger partial charge >= 0.3 is 0 Å². The van der Waals surface area contributed by atoms with Gasteiger partial charge in [-0.3, -0.25) is 4.79 Å². The number of allylic oxidation sites excluding steroid dienone is 1. The van der Waals surface area contributed by atoms with E-state index in [2.05, 4.69) is 13.8 Å². The number of hydrogen-bond donors (Lipinski definition) is 0. The van der Waals surface area contributed by atoms with Gasteiger partial charge in [0.25, 0.3) is 0 Å². The summed E-state index contributed by atoms with van der Waals surface area (Å²) in [6, 6.07) is 0. The Balaban J connectivity index is 2.17. The van der Waals surface area contributed by atoms with E-state index in [1.165, 1.54) is 24.7 Å². The van der Waals surface area contributed by atoms with Crippen molar-refractivity contribution in [3.05, 3.63) is 12.3 Å². The Labute approximate surface area is 96.5 Å². The Bertz CT molecular complexity index is 226. The Morgan fingerprint density at radius 1 is 1.67 bits per heavy atom. The molecule has 0 saturated carbocycles. The maximum Gasteiger partial charge on any atom is 0.162 e. The van der Waals surface area contributed by atoms with Crippen LogP contribution in [-0.2, 0) is 9.53 Å². The lowest BCUT2D eigenvalue weighted by Gasteiger charge is -2.21. The molecule has 0 spiro atoms. The van der Waals surface area contributed by atoms with Crippen molar-refractivity contribution in [1.82, 2.24) is 0 Å². The number of ketones is 1. The molecule has 0 unspecified atom stereocenters.